The molecule has 0 saturated heterocycles. The molecule has 4 heteroatoms. The Hall–Kier alpha value is -2.59. The van der Waals surface area contributed by atoms with Crippen molar-refractivity contribution in [1.82, 2.24) is 5.32 Å². The molecule has 1 unspecified atom stereocenters. The maximum atomic E-state index is 11.8. The molecule has 0 bridgehead atoms. The fraction of sp³-hybridized carbons (Fsp3) is 0.348. The molecule has 1 aliphatic carbocycles. The minimum absolute atomic E-state index is 0.149. The molecular formula is C23H27NO3. The molecule has 27 heavy (non-hydrogen) atoms. The highest BCUT2D eigenvalue weighted by Crippen LogP contribution is 2.41. The van der Waals surface area contributed by atoms with Crippen LogP contribution in [0, 0.1) is 6.92 Å². The van der Waals surface area contributed by atoms with Crippen molar-refractivity contribution in [3.63, 3.8) is 0 Å². The summed E-state index contributed by atoms with van der Waals surface area (Å²) in [4.78, 5) is 11.7. The molecule has 0 spiro atoms. The number of aliphatic hydroxyl groups is 1. The summed E-state index contributed by atoms with van der Waals surface area (Å²) in [5, 5.41) is 14.6. The van der Waals surface area contributed by atoms with Crippen molar-refractivity contribution in [2.45, 2.75) is 45.3 Å². The Morgan fingerprint density at radius 2 is 1.85 bits per heavy atom. The molecule has 3 rings (SSSR count). The first-order valence-corrected chi connectivity index (χ1v) is 9.46. The van der Waals surface area contributed by atoms with Gasteiger partial charge >= 0.3 is 6.09 Å². The molecule has 0 saturated carbocycles. The summed E-state index contributed by atoms with van der Waals surface area (Å²) in [6, 6.07) is 14.0. The van der Waals surface area contributed by atoms with Crippen molar-refractivity contribution in [2.24, 2.45) is 0 Å². The summed E-state index contributed by atoms with van der Waals surface area (Å²) >= 11 is 0. The molecule has 1 aliphatic rings. The van der Waals surface area contributed by atoms with Crippen molar-refractivity contribution in [3.8, 4) is 0 Å². The number of ether oxygens (including phenoxy) is 1. The Morgan fingerprint density at radius 1 is 1.11 bits per heavy atom. The molecular weight excluding hydrogens is 338 g/mol. The Labute approximate surface area is 160 Å². The van der Waals surface area contributed by atoms with Crippen LogP contribution in [0.5, 0.6) is 0 Å². The van der Waals surface area contributed by atoms with Crippen LogP contribution in [0.3, 0.4) is 0 Å². The molecule has 1 amide bonds. The quantitative estimate of drug-likeness (QED) is 0.760. The average molecular weight is 365 g/mol. The van der Waals surface area contributed by atoms with E-state index in [1.54, 1.807) is 0 Å². The first kappa shape index (κ1) is 19.2. The molecule has 0 aromatic heterocycles. The zero-order chi connectivity index (χ0) is 19.4. The second kappa shape index (κ2) is 7.97. The number of nitrogens with one attached hydrogen (secondary N) is 1. The van der Waals surface area contributed by atoms with E-state index in [1.807, 2.05) is 50.2 Å². The number of fused-ring (bicyclic) bond motifs is 2. The summed E-state index contributed by atoms with van der Waals surface area (Å²) in [5.41, 5.74) is 3.91. The van der Waals surface area contributed by atoms with Crippen molar-refractivity contribution in [3.05, 3.63) is 70.3 Å². The monoisotopic (exact) mass is 365 g/mol. The molecule has 0 radical (unpaired) electrons. The number of benzene rings is 2. The van der Waals surface area contributed by atoms with Crippen LogP contribution >= 0.6 is 0 Å². The van der Waals surface area contributed by atoms with Gasteiger partial charge in [0.05, 0.1) is 6.10 Å². The lowest BCUT2D eigenvalue weighted by Gasteiger charge is -2.31. The third kappa shape index (κ3) is 4.06. The maximum Gasteiger partial charge on any atom is 0.407 e. The van der Waals surface area contributed by atoms with Crippen LogP contribution in [0.1, 0.15) is 54.5 Å². The van der Waals surface area contributed by atoms with E-state index < -0.39 is 11.7 Å². The molecule has 0 aliphatic heterocycles. The van der Waals surface area contributed by atoms with Gasteiger partial charge in [0.25, 0.3) is 0 Å². The van der Waals surface area contributed by atoms with Crippen LogP contribution in [0.4, 0.5) is 4.79 Å². The average Bonchev–Trinajstić information content (AvgIpc) is 2.75. The van der Waals surface area contributed by atoms with Crippen LogP contribution in [0.15, 0.2) is 42.5 Å². The summed E-state index contributed by atoms with van der Waals surface area (Å²) in [6.45, 7) is 6.14. The maximum absolute atomic E-state index is 11.8. The van der Waals surface area contributed by atoms with Gasteiger partial charge in [0.15, 0.2) is 0 Å². The smallest absolute Gasteiger partial charge is 0.407 e. The standard InChI is InChI=1S/C23H27NO3/c1-16(2)27-22(25)24-15-7-14-23(26)20-10-5-4-9-18(20)12-13-19-17(3)8-6-11-21(19)23/h4-6,8-13,16,26H,7,14-15H2,1-3H3,(H,24,25). The van der Waals surface area contributed by atoms with Crippen LogP contribution in [-0.2, 0) is 10.3 Å². The molecule has 0 heterocycles. The summed E-state index contributed by atoms with van der Waals surface area (Å²) < 4.78 is 5.09. The second-order valence-electron chi connectivity index (χ2n) is 7.30. The molecule has 142 valence electrons. The topological polar surface area (TPSA) is 58.6 Å². The molecule has 2 N–H and O–H groups in total. The molecule has 1 atom stereocenters. The third-order valence-electron chi connectivity index (χ3n) is 4.93. The number of rotatable bonds is 5. The molecule has 0 fully saturated rings. The Bertz CT molecular complexity index is 856. The molecule has 4 nitrogen and oxygen atoms in total. The fourth-order valence-electron chi connectivity index (χ4n) is 3.66. The van der Waals surface area contributed by atoms with Gasteiger partial charge in [0, 0.05) is 6.54 Å². The van der Waals surface area contributed by atoms with Gasteiger partial charge in [0.1, 0.15) is 5.60 Å². The van der Waals surface area contributed by atoms with Gasteiger partial charge in [-0.05, 0) is 61.4 Å². The van der Waals surface area contributed by atoms with Gasteiger partial charge in [-0.3, -0.25) is 0 Å². The van der Waals surface area contributed by atoms with Crippen LogP contribution in [0.2, 0.25) is 0 Å². The zero-order valence-electron chi connectivity index (χ0n) is 16.2. The van der Waals surface area contributed by atoms with Gasteiger partial charge in [-0.1, -0.05) is 54.6 Å². The van der Waals surface area contributed by atoms with Gasteiger partial charge in [-0.2, -0.15) is 0 Å². The minimum atomic E-state index is -1.11. The van der Waals surface area contributed by atoms with Crippen LogP contribution in [0.25, 0.3) is 12.2 Å². The first-order chi connectivity index (χ1) is 12.9. The van der Waals surface area contributed by atoms with Gasteiger partial charge < -0.3 is 15.2 Å². The van der Waals surface area contributed by atoms with Crippen molar-refractivity contribution in [1.29, 1.82) is 0 Å². The van der Waals surface area contributed by atoms with Gasteiger partial charge in [-0.25, -0.2) is 4.79 Å². The first-order valence-electron chi connectivity index (χ1n) is 9.46. The number of amides is 1. The predicted octanol–water partition coefficient (Wildman–Crippen LogP) is 4.63. The fourth-order valence-corrected chi connectivity index (χ4v) is 3.66. The Morgan fingerprint density at radius 3 is 2.63 bits per heavy atom. The molecule has 2 aromatic carbocycles. The third-order valence-corrected chi connectivity index (χ3v) is 4.93. The highest BCUT2D eigenvalue weighted by Gasteiger charge is 2.35. The summed E-state index contributed by atoms with van der Waals surface area (Å²) in [6.07, 6.45) is 4.71. The van der Waals surface area contributed by atoms with E-state index in [4.69, 9.17) is 4.74 Å². The van der Waals surface area contributed by atoms with E-state index in [1.165, 1.54) is 0 Å². The number of alkyl carbamates (subject to hydrolysis) is 1. The Balaban J connectivity index is 1.86. The number of hydrogen-bond donors (Lipinski definition) is 2. The molecule has 2 aromatic rings. The van der Waals surface area contributed by atoms with Crippen LogP contribution < -0.4 is 5.32 Å². The van der Waals surface area contributed by atoms with E-state index in [0.29, 0.717) is 19.4 Å². The van der Waals surface area contributed by atoms with E-state index in [-0.39, 0.29) is 6.10 Å². The normalized spacial score (nSPS) is 17.8. The van der Waals surface area contributed by atoms with E-state index >= 15 is 0 Å². The number of carbonyl (C=O) groups is 1. The Kier molecular flexibility index (Phi) is 5.66. The largest absolute Gasteiger partial charge is 0.447 e. The lowest BCUT2D eigenvalue weighted by atomic mass is 9.79. The van der Waals surface area contributed by atoms with E-state index in [9.17, 15) is 9.90 Å². The van der Waals surface area contributed by atoms with Crippen molar-refractivity contribution < 1.29 is 14.6 Å². The summed E-state index contributed by atoms with van der Waals surface area (Å²) in [5.74, 6) is 0. The second-order valence-corrected chi connectivity index (χ2v) is 7.30. The highest BCUT2D eigenvalue weighted by molar-refractivity contribution is 5.78. The zero-order valence-corrected chi connectivity index (χ0v) is 16.2. The number of carbonyl (C=O) groups excluding carboxylic acids is 1. The summed E-state index contributed by atoms with van der Waals surface area (Å²) in [7, 11) is 0. The SMILES string of the molecule is Cc1cccc2c1C=Cc1ccccc1C2(O)CCCNC(=O)OC(C)C. The van der Waals surface area contributed by atoms with Gasteiger partial charge in [0.2, 0.25) is 0 Å². The van der Waals surface area contributed by atoms with E-state index in [2.05, 4.69) is 30.5 Å². The van der Waals surface area contributed by atoms with Crippen LogP contribution in [-0.4, -0.2) is 23.8 Å². The van der Waals surface area contributed by atoms with Crippen molar-refractivity contribution >= 4 is 18.2 Å². The van der Waals surface area contributed by atoms with E-state index in [0.717, 1.165) is 27.8 Å². The number of aryl methyl sites for hydroxylation is 1. The van der Waals surface area contributed by atoms with Gasteiger partial charge in [-0.15, -0.1) is 0 Å². The van der Waals surface area contributed by atoms with Crippen molar-refractivity contribution in [2.75, 3.05) is 6.54 Å². The predicted molar refractivity (Wildman–Crippen MR) is 108 cm³/mol. The lowest BCUT2D eigenvalue weighted by molar-refractivity contribution is 0.0675. The lowest BCUT2D eigenvalue weighted by Crippen LogP contribution is -2.32. The number of hydrogen-bond acceptors (Lipinski definition) is 3. The highest BCUT2D eigenvalue weighted by atomic mass is 16.6. The minimum Gasteiger partial charge on any atom is -0.447 e.